The van der Waals surface area contributed by atoms with Crippen LogP contribution in [0.15, 0.2) is 51.3 Å². The third-order valence-corrected chi connectivity index (χ3v) is 7.14. The van der Waals surface area contributed by atoms with Crippen LogP contribution in [0.1, 0.15) is 23.3 Å². The summed E-state index contributed by atoms with van der Waals surface area (Å²) < 4.78 is 32.1. The molecule has 28 heavy (non-hydrogen) atoms. The quantitative estimate of drug-likeness (QED) is 0.614. The Morgan fingerprint density at radius 1 is 1.25 bits per heavy atom. The molecule has 0 atom stereocenters. The van der Waals surface area contributed by atoms with Crippen molar-refractivity contribution in [3.05, 3.63) is 47.7 Å². The van der Waals surface area contributed by atoms with Crippen LogP contribution in [-0.4, -0.2) is 41.8 Å². The summed E-state index contributed by atoms with van der Waals surface area (Å²) in [5.74, 6) is -0.235. The maximum Gasteiger partial charge on any atom is 0.275 e. The zero-order valence-corrected chi connectivity index (χ0v) is 16.3. The molecule has 0 radical (unpaired) electrons. The van der Waals surface area contributed by atoms with Gasteiger partial charge in [-0.3, -0.25) is 4.79 Å². The van der Waals surface area contributed by atoms with Crippen molar-refractivity contribution < 1.29 is 22.7 Å². The average Bonchev–Trinajstić information content (AvgIpc) is 3.43. The van der Waals surface area contributed by atoms with Gasteiger partial charge in [0.1, 0.15) is 11.4 Å². The minimum Gasteiger partial charge on any atom is -0.506 e. The molecule has 1 aliphatic rings. The lowest BCUT2D eigenvalue weighted by Crippen LogP contribution is -2.28. The van der Waals surface area contributed by atoms with E-state index >= 15 is 0 Å². The van der Waals surface area contributed by atoms with Crippen molar-refractivity contribution in [3.8, 4) is 16.5 Å². The second-order valence-corrected chi connectivity index (χ2v) is 9.06. The van der Waals surface area contributed by atoms with E-state index in [0.717, 1.165) is 12.8 Å². The maximum absolute atomic E-state index is 12.7. The topological polar surface area (TPSA) is 113 Å². The highest BCUT2D eigenvalue weighted by Gasteiger charge is 2.28. The second kappa shape index (κ2) is 7.38. The first-order valence-electron chi connectivity index (χ1n) is 8.59. The number of nitrogens with zero attached hydrogens (tertiary/aromatic N) is 2. The van der Waals surface area contributed by atoms with Gasteiger partial charge in [-0.1, -0.05) is 0 Å². The molecule has 0 spiro atoms. The van der Waals surface area contributed by atoms with Crippen LogP contribution >= 0.6 is 11.3 Å². The van der Waals surface area contributed by atoms with Crippen molar-refractivity contribution in [2.24, 2.45) is 0 Å². The van der Waals surface area contributed by atoms with Gasteiger partial charge in [0.25, 0.3) is 5.91 Å². The summed E-state index contributed by atoms with van der Waals surface area (Å²) in [6.07, 6.45) is 3.16. The first kappa shape index (κ1) is 18.7. The molecule has 10 heteroatoms. The van der Waals surface area contributed by atoms with Gasteiger partial charge in [-0.25, -0.2) is 13.4 Å². The van der Waals surface area contributed by atoms with Gasteiger partial charge in [-0.15, -0.1) is 11.3 Å². The summed E-state index contributed by atoms with van der Waals surface area (Å²) in [6.45, 7) is 0.943. The Morgan fingerprint density at radius 3 is 2.75 bits per heavy atom. The van der Waals surface area contributed by atoms with Crippen LogP contribution in [0, 0.1) is 0 Å². The molecule has 1 amide bonds. The van der Waals surface area contributed by atoms with Gasteiger partial charge in [0.05, 0.1) is 16.8 Å². The van der Waals surface area contributed by atoms with E-state index in [-0.39, 0.29) is 22.0 Å². The summed E-state index contributed by atoms with van der Waals surface area (Å²) in [7, 11) is -3.66. The number of phenols is 1. The molecule has 8 nitrogen and oxygen atoms in total. The number of carbonyl (C=O) groups is 1. The summed E-state index contributed by atoms with van der Waals surface area (Å²) >= 11 is 1.24. The number of amides is 1. The Hall–Kier alpha value is -2.69. The average molecular weight is 419 g/mol. The van der Waals surface area contributed by atoms with Crippen LogP contribution in [0.3, 0.4) is 0 Å². The molecule has 1 fully saturated rings. The van der Waals surface area contributed by atoms with Crippen LogP contribution < -0.4 is 5.32 Å². The van der Waals surface area contributed by atoms with Crippen LogP contribution in [-0.2, 0) is 10.0 Å². The molecule has 3 heterocycles. The monoisotopic (exact) mass is 419 g/mol. The minimum absolute atomic E-state index is 0.0119. The number of thiazole rings is 1. The van der Waals surface area contributed by atoms with Crippen molar-refractivity contribution in [1.29, 1.82) is 0 Å². The highest BCUT2D eigenvalue weighted by Crippen LogP contribution is 2.30. The van der Waals surface area contributed by atoms with Gasteiger partial charge in [-0.05, 0) is 43.2 Å². The number of carbonyl (C=O) groups excluding carboxylic acids is 1. The Kier molecular flexibility index (Phi) is 4.92. The molecule has 3 aromatic rings. The van der Waals surface area contributed by atoms with E-state index in [1.165, 1.54) is 40.1 Å². The van der Waals surface area contributed by atoms with E-state index in [4.69, 9.17) is 4.42 Å². The Labute approximate surface area is 165 Å². The molecule has 146 valence electrons. The first-order valence-corrected chi connectivity index (χ1v) is 10.9. The number of hydrogen-bond donors (Lipinski definition) is 2. The summed E-state index contributed by atoms with van der Waals surface area (Å²) in [5.41, 5.74) is 0.154. The molecule has 1 saturated heterocycles. The van der Waals surface area contributed by atoms with Crippen molar-refractivity contribution in [3.63, 3.8) is 0 Å². The molecule has 1 aliphatic heterocycles. The standard InChI is InChI=1S/C18H17N3O5S2/c22-15-6-5-12(28(24,25)21-7-1-2-8-21)10-13(15)19-17(23)14-11-27-18(20-14)16-4-3-9-26-16/h3-6,9-11,22H,1-2,7-8H2,(H,19,23). The fourth-order valence-corrected chi connectivity index (χ4v) is 5.24. The number of furan rings is 1. The highest BCUT2D eigenvalue weighted by atomic mass is 32.2. The largest absolute Gasteiger partial charge is 0.506 e. The highest BCUT2D eigenvalue weighted by molar-refractivity contribution is 7.89. The maximum atomic E-state index is 12.7. The van der Waals surface area contributed by atoms with Gasteiger partial charge in [0.15, 0.2) is 10.8 Å². The van der Waals surface area contributed by atoms with Gasteiger partial charge in [0.2, 0.25) is 10.0 Å². The number of aromatic nitrogens is 1. The normalized spacial score (nSPS) is 15.0. The number of anilines is 1. The van der Waals surface area contributed by atoms with Crippen LogP contribution in [0.2, 0.25) is 0 Å². The Morgan fingerprint density at radius 2 is 2.04 bits per heavy atom. The third kappa shape index (κ3) is 3.53. The second-order valence-electron chi connectivity index (χ2n) is 6.26. The molecule has 2 aromatic heterocycles. The van der Waals surface area contributed by atoms with E-state index in [1.54, 1.807) is 17.5 Å². The van der Waals surface area contributed by atoms with E-state index in [2.05, 4.69) is 10.3 Å². The molecule has 4 rings (SSSR count). The summed E-state index contributed by atoms with van der Waals surface area (Å²) in [4.78, 5) is 16.7. The lowest BCUT2D eigenvalue weighted by Gasteiger charge is -2.16. The van der Waals surface area contributed by atoms with E-state index in [1.807, 2.05) is 0 Å². The third-order valence-electron chi connectivity index (χ3n) is 4.39. The predicted octanol–water partition coefficient (Wildman–Crippen LogP) is 3.15. The fourth-order valence-electron chi connectivity index (χ4n) is 2.93. The smallest absolute Gasteiger partial charge is 0.275 e. The molecule has 2 N–H and O–H groups in total. The molecular formula is C18H17N3O5S2. The van der Waals surface area contributed by atoms with Crippen molar-refractivity contribution in [2.45, 2.75) is 17.7 Å². The molecule has 0 aliphatic carbocycles. The number of phenolic OH excluding ortho intramolecular Hbond substituents is 1. The minimum atomic E-state index is -3.66. The number of benzene rings is 1. The zero-order chi connectivity index (χ0) is 19.7. The van der Waals surface area contributed by atoms with Crippen molar-refractivity contribution in [1.82, 2.24) is 9.29 Å². The molecular weight excluding hydrogens is 402 g/mol. The van der Waals surface area contributed by atoms with Gasteiger partial charge in [-0.2, -0.15) is 4.31 Å². The number of nitrogens with one attached hydrogen (secondary N) is 1. The molecule has 0 bridgehead atoms. The zero-order valence-electron chi connectivity index (χ0n) is 14.7. The van der Waals surface area contributed by atoms with Gasteiger partial charge < -0.3 is 14.8 Å². The lowest BCUT2D eigenvalue weighted by molar-refractivity contribution is 0.102. The number of hydrogen-bond acceptors (Lipinski definition) is 7. The molecule has 0 saturated carbocycles. The van der Waals surface area contributed by atoms with E-state index < -0.39 is 15.9 Å². The summed E-state index contributed by atoms with van der Waals surface area (Å²) in [5, 5.41) is 14.7. The predicted molar refractivity (Wildman–Crippen MR) is 104 cm³/mol. The van der Waals surface area contributed by atoms with Crippen molar-refractivity contribution >= 4 is 33.0 Å². The Balaban J connectivity index is 1.57. The molecule has 1 aromatic carbocycles. The van der Waals surface area contributed by atoms with Crippen LogP contribution in [0.5, 0.6) is 5.75 Å². The Bertz CT molecular complexity index is 1100. The summed E-state index contributed by atoms with van der Waals surface area (Å²) in [6, 6.07) is 7.31. The lowest BCUT2D eigenvalue weighted by atomic mass is 10.3. The first-order chi connectivity index (χ1) is 13.4. The SMILES string of the molecule is O=C(Nc1cc(S(=O)(=O)N2CCCC2)ccc1O)c1csc(-c2ccco2)n1. The molecule has 0 unspecified atom stereocenters. The number of rotatable bonds is 5. The van der Waals surface area contributed by atoms with E-state index in [9.17, 15) is 18.3 Å². The van der Waals surface area contributed by atoms with Crippen LogP contribution in [0.4, 0.5) is 5.69 Å². The number of aromatic hydroxyl groups is 1. The van der Waals surface area contributed by atoms with Crippen molar-refractivity contribution in [2.75, 3.05) is 18.4 Å². The van der Waals surface area contributed by atoms with Crippen LogP contribution in [0.25, 0.3) is 10.8 Å². The number of sulfonamides is 1. The van der Waals surface area contributed by atoms with E-state index in [0.29, 0.717) is 23.9 Å². The van der Waals surface area contributed by atoms with Gasteiger partial charge >= 0.3 is 0 Å². The fraction of sp³-hybridized carbons (Fsp3) is 0.222. The van der Waals surface area contributed by atoms with Gasteiger partial charge in [0, 0.05) is 18.5 Å².